The number of alkyl halides is 1. The normalized spacial score (nSPS) is 12.0. The number of hydrogen-bond donors (Lipinski definition) is 1. The maximum absolute atomic E-state index is 13.8. The van der Waals surface area contributed by atoms with Gasteiger partial charge in [-0.1, -0.05) is 11.6 Å². The van der Waals surface area contributed by atoms with Crippen LogP contribution in [0.25, 0.3) is 11.0 Å². The molecule has 0 aliphatic rings. The Balaban J connectivity index is 2.71. The van der Waals surface area contributed by atoms with Gasteiger partial charge in [-0.2, -0.15) is 0 Å². The van der Waals surface area contributed by atoms with E-state index >= 15 is 0 Å². The number of nitrogens with zero attached hydrogens (tertiary/aromatic N) is 2. The third kappa shape index (κ3) is 3.14. The maximum atomic E-state index is 13.8. The van der Waals surface area contributed by atoms with Gasteiger partial charge in [0, 0.05) is 30.3 Å². The van der Waals surface area contributed by atoms with Crippen molar-refractivity contribution >= 4 is 40.1 Å². The fraction of sp³-hybridized carbons (Fsp3) is 0.429. The van der Waals surface area contributed by atoms with Crippen molar-refractivity contribution < 1.29 is 9.18 Å². The minimum absolute atomic E-state index is 0.0114. The lowest BCUT2D eigenvalue weighted by molar-refractivity contribution is -0.119. The summed E-state index contributed by atoms with van der Waals surface area (Å²) >= 11 is 11.6. The average molecular weight is 332 g/mol. The monoisotopic (exact) mass is 331 g/mol. The van der Waals surface area contributed by atoms with Crippen LogP contribution in [0.3, 0.4) is 0 Å². The Labute approximate surface area is 132 Å². The zero-order valence-corrected chi connectivity index (χ0v) is 13.3. The largest absolute Gasteiger partial charge is 0.370 e. The van der Waals surface area contributed by atoms with E-state index in [0.29, 0.717) is 29.2 Å². The first-order valence-electron chi connectivity index (χ1n) is 6.47. The first-order chi connectivity index (χ1) is 9.76. The standard InChI is InChI=1S/C14H16Cl2FN3O/c1-14(2,7-12(18)21)20-11-6-9(17)8(16)5-10(11)19-13(20)3-4-15/h5-6H,3-4,7H2,1-2H3,(H2,18,21). The van der Waals surface area contributed by atoms with E-state index in [9.17, 15) is 9.18 Å². The number of aromatic nitrogens is 2. The summed E-state index contributed by atoms with van der Waals surface area (Å²) in [5.74, 6) is 0.0743. The fourth-order valence-electron chi connectivity index (χ4n) is 2.56. The van der Waals surface area contributed by atoms with Crippen LogP contribution in [0.15, 0.2) is 12.1 Å². The number of primary amides is 1. The summed E-state index contributed by atoms with van der Waals surface area (Å²) in [6, 6.07) is 2.80. The quantitative estimate of drug-likeness (QED) is 0.855. The number of nitrogens with two attached hydrogens (primary N) is 1. The van der Waals surface area contributed by atoms with Gasteiger partial charge in [0.2, 0.25) is 5.91 Å². The Kier molecular flexibility index (Phi) is 4.44. The van der Waals surface area contributed by atoms with Crippen molar-refractivity contribution in [2.45, 2.75) is 32.2 Å². The van der Waals surface area contributed by atoms with Crippen molar-refractivity contribution in [3.05, 3.63) is 28.8 Å². The van der Waals surface area contributed by atoms with Crippen LogP contribution >= 0.6 is 23.2 Å². The number of rotatable bonds is 5. The molecule has 2 rings (SSSR count). The highest BCUT2D eigenvalue weighted by Crippen LogP contribution is 2.31. The number of amides is 1. The molecule has 1 aromatic carbocycles. The molecule has 0 aliphatic carbocycles. The molecule has 0 radical (unpaired) electrons. The third-order valence-corrected chi connectivity index (χ3v) is 3.77. The number of fused-ring (bicyclic) bond motifs is 1. The average Bonchev–Trinajstić information content (AvgIpc) is 2.66. The van der Waals surface area contributed by atoms with Crippen LogP contribution in [-0.4, -0.2) is 21.3 Å². The van der Waals surface area contributed by atoms with Crippen LogP contribution in [0, 0.1) is 5.82 Å². The number of carbonyl (C=O) groups is 1. The molecule has 2 aromatic rings. The van der Waals surface area contributed by atoms with Gasteiger partial charge >= 0.3 is 0 Å². The van der Waals surface area contributed by atoms with Gasteiger partial charge in [-0.25, -0.2) is 9.37 Å². The van der Waals surface area contributed by atoms with E-state index in [2.05, 4.69) is 4.98 Å². The lowest BCUT2D eigenvalue weighted by Gasteiger charge is -2.28. The summed E-state index contributed by atoms with van der Waals surface area (Å²) in [5, 5.41) is 0.0114. The van der Waals surface area contributed by atoms with E-state index in [4.69, 9.17) is 28.9 Å². The lowest BCUT2D eigenvalue weighted by atomic mass is 9.99. The van der Waals surface area contributed by atoms with Gasteiger partial charge in [0.15, 0.2) is 0 Å². The maximum Gasteiger partial charge on any atom is 0.219 e. The van der Waals surface area contributed by atoms with Gasteiger partial charge in [-0.3, -0.25) is 4.79 Å². The zero-order chi connectivity index (χ0) is 15.8. The van der Waals surface area contributed by atoms with E-state index in [1.54, 1.807) is 0 Å². The number of halogens is 3. The first kappa shape index (κ1) is 16.0. The fourth-order valence-corrected chi connectivity index (χ4v) is 2.88. The van der Waals surface area contributed by atoms with E-state index < -0.39 is 17.3 Å². The molecule has 2 N–H and O–H groups in total. The Morgan fingerprint density at radius 3 is 2.71 bits per heavy atom. The first-order valence-corrected chi connectivity index (χ1v) is 7.38. The molecule has 1 amide bonds. The molecule has 4 nitrogen and oxygen atoms in total. The van der Waals surface area contributed by atoms with Crippen molar-refractivity contribution in [3.8, 4) is 0 Å². The Morgan fingerprint density at radius 2 is 2.14 bits per heavy atom. The third-order valence-electron chi connectivity index (χ3n) is 3.30. The molecule has 0 aliphatic heterocycles. The van der Waals surface area contributed by atoms with Crippen LogP contribution in [0.2, 0.25) is 5.02 Å². The zero-order valence-electron chi connectivity index (χ0n) is 11.8. The van der Waals surface area contributed by atoms with Gasteiger partial charge in [0.25, 0.3) is 0 Å². The molecule has 0 fully saturated rings. The number of carbonyl (C=O) groups excluding carboxylic acids is 1. The molecule has 0 bridgehead atoms. The van der Waals surface area contributed by atoms with Crippen molar-refractivity contribution in [2.75, 3.05) is 5.88 Å². The number of imidazole rings is 1. The summed E-state index contributed by atoms with van der Waals surface area (Å²) in [7, 11) is 0. The molecule has 7 heteroatoms. The van der Waals surface area contributed by atoms with E-state index in [0.717, 1.165) is 0 Å². The number of aryl methyl sites for hydroxylation is 1. The molecule has 0 saturated heterocycles. The topological polar surface area (TPSA) is 60.9 Å². The molecule has 21 heavy (non-hydrogen) atoms. The predicted molar refractivity (Wildman–Crippen MR) is 82.3 cm³/mol. The summed E-state index contributed by atoms with van der Waals surface area (Å²) in [4.78, 5) is 15.8. The molecular formula is C14H16Cl2FN3O. The lowest BCUT2D eigenvalue weighted by Crippen LogP contribution is -2.33. The highest BCUT2D eigenvalue weighted by atomic mass is 35.5. The van der Waals surface area contributed by atoms with Crippen LogP contribution in [0.4, 0.5) is 4.39 Å². The molecule has 1 heterocycles. The smallest absolute Gasteiger partial charge is 0.219 e. The van der Waals surface area contributed by atoms with Crippen molar-refractivity contribution in [2.24, 2.45) is 5.73 Å². The second-order valence-electron chi connectivity index (χ2n) is 5.51. The van der Waals surface area contributed by atoms with Crippen molar-refractivity contribution in [1.82, 2.24) is 9.55 Å². The molecule has 0 spiro atoms. The van der Waals surface area contributed by atoms with Gasteiger partial charge in [0.1, 0.15) is 11.6 Å². The minimum Gasteiger partial charge on any atom is -0.370 e. The van der Waals surface area contributed by atoms with E-state index in [1.807, 2.05) is 18.4 Å². The highest BCUT2D eigenvalue weighted by molar-refractivity contribution is 6.31. The summed E-state index contributed by atoms with van der Waals surface area (Å²) in [5.41, 5.74) is 5.82. The number of hydrogen-bond acceptors (Lipinski definition) is 2. The van der Waals surface area contributed by atoms with E-state index in [1.165, 1.54) is 12.1 Å². The van der Waals surface area contributed by atoms with Gasteiger partial charge in [-0.15, -0.1) is 11.6 Å². The highest BCUT2D eigenvalue weighted by Gasteiger charge is 2.28. The van der Waals surface area contributed by atoms with Crippen LogP contribution in [0.1, 0.15) is 26.1 Å². The SMILES string of the molecule is CC(C)(CC(N)=O)n1c(CCCl)nc2cc(Cl)c(F)cc21. The molecule has 0 unspecified atom stereocenters. The molecular weight excluding hydrogens is 316 g/mol. The van der Waals surface area contributed by atoms with Crippen LogP contribution in [0.5, 0.6) is 0 Å². The van der Waals surface area contributed by atoms with Gasteiger partial charge in [-0.05, 0) is 19.9 Å². The Morgan fingerprint density at radius 1 is 1.48 bits per heavy atom. The summed E-state index contributed by atoms with van der Waals surface area (Å²) in [6.45, 7) is 3.70. The summed E-state index contributed by atoms with van der Waals surface area (Å²) in [6.07, 6.45) is 0.607. The van der Waals surface area contributed by atoms with Gasteiger partial charge in [0.05, 0.1) is 16.1 Å². The van der Waals surface area contributed by atoms with Gasteiger partial charge < -0.3 is 10.3 Å². The molecule has 1 aromatic heterocycles. The number of benzene rings is 1. The van der Waals surface area contributed by atoms with E-state index in [-0.39, 0.29) is 11.4 Å². The second kappa shape index (κ2) is 5.81. The Hall–Kier alpha value is -1.33. The summed E-state index contributed by atoms with van der Waals surface area (Å²) < 4.78 is 15.6. The molecule has 0 atom stereocenters. The predicted octanol–water partition coefficient (Wildman–Crippen LogP) is 3.22. The van der Waals surface area contributed by atoms with Crippen molar-refractivity contribution in [3.63, 3.8) is 0 Å². The van der Waals surface area contributed by atoms with Crippen LogP contribution in [-0.2, 0) is 16.8 Å². The Bertz CT molecular complexity index is 697. The van der Waals surface area contributed by atoms with Crippen LogP contribution < -0.4 is 5.73 Å². The molecule has 0 saturated carbocycles. The minimum atomic E-state index is -0.637. The van der Waals surface area contributed by atoms with Crippen molar-refractivity contribution in [1.29, 1.82) is 0 Å². The molecule has 114 valence electrons. The second-order valence-corrected chi connectivity index (χ2v) is 6.30.